The van der Waals surface area contributed by atoms with Crippen molar-refractivity contribution in [2.45, 2.75) is 50.4 Å². The van der Waals surface area contributed by atoms with Crippen LogP contribution in [0.25, 0.3) is 0 Å². The van der Waals surface area contributed by atoms with Gasteiger partial charge in [0, 0.05) is 49.0 Å². The Hall–Kier alpha value is -3.45. The summed E-state index contributed by atoms with van der Waals surface area (Å²) < 4.78 is 6.09. The fourth-order valence-corrected chi connectivity index (χ4v) is 5.20. The van der Waals surface area contributed by atoms with Crippen LogP contribution in [0.15, 0.2) is 60.9 Å². The Morgan fingerprint density at radius 3 is 2.65 bits per heavy atom. The third-order valence-electron chi connectivity index (χ3n) is 7.40. The summed E-state index contributed by atoms with van der Waals surface area (Å²) in [5, 5.41) is 8.83. The molecule has 3 N–H and O–H groups in total. The Bertz CT molecular complexity index is 1220. The van der Waals surface area contributed by atoms with E-state index in [9.17, 15) is 0 Å². The van der Waals surface area contributed by atoms with Crippen LogP contribution >= 0.6 is 0 Å². The fraction of sp³-hybridized carbons (Fsp3) is 0.370. The molecule has 7 heteroatoms. The van der Waals surface area contributed by atoms with Crippen LogP contribution in [0.2, 0.25) is 0 Å². The number of fused-ring (bicyclic) bond motifs is 2. The van der Waals surface area contributed by atoms with Gasteiger partial charge >= 0.3 is 0 Å². The molecule has 7 nitrogen and oxygen atoms in total. The van der Waals surface area contributed by atoms with Crippen molar-refractivity contribution in [2.75, 3.05) is 23.7 Å². The first-order valence-electron chi connectivity index (χ1n) is 12.0. The summed E-state index contributed by atoms with van der Waals surface area (Å²) in [5.74, 6) is 1.64. The van der Waals surface area contributed by atoms with Gasteiger partial charge in [0.05, 0.1) is 11.4 Å². The minimum Gasteiger partial charge on any atom is -0.488 e. The van der Waals surface area contributed by atoms with Gasteiger partial charge in [-0.3, -0.25) is 10.3 Å². The topological polar surface area (TPSA) is 91.4 Å². The molecule has 1 saturated carbocycles. The molecule has 0 amide bonds. The molecule has 2 unspecified atom stereocenters. The molecular weight excluding hydrogens is 424 g/mol. The molecule has 2 aliphatic heterocycles. The SMILES string of the molecule is CC1(Oc2ccc(N)c(C(=N)c3cc(N4CC5CC4CN5Cc4ccccc4)ncn3)c2)CC1. The highest BCUT2D eigenvalue weighted by atomic mass is 16.5. The summed E-state index contributed by atoms with van der Waals surface area (Å²) in [6.45, 7) is 5.08. The zero-order valence-corrected chi connectivity index (χ0v) is 19.4. The van der Waals surface area contributed by atoms with Crippen molar-refractivity contribution in [3.63, 3.8) is 0 Å². The minimum absolute atomic E-state index is 0.0822. The second-order valence-corrected chi connectivity index (χ2v) is 10.0. The van der Waals surface area contributed by atoms with Crippen LogP contribution in [-0.4, -0.2) is 51.4 Å². The summed E-state index contributed by atoms with van der Waals surface area (Å²) in [4.78, 5) is 13.9. The van der Waals surface area contributed by atoms with E-state index < -0.39 is 0 Å². The van der Waals surface area contributed by atoms with Gasteiger partial charge in [0.15, 0.2) is 0 Å². The van der Waals surface area contributed by atoms with E-state index in [4.69, 9.17) is 15.9 Å². The van der Waals surface area contributed by atoms with E-state index in [1.807, 2.05) is 24.3 Å². The number of aromatic nitrogens is 2. The lowest BCUT2D eigenvalue weighted by molar-refractivity contribution is 0.200. The van der Waals surface area contributed by atoms with E-state index in [1.165, 1.54) is 5.56 Å². The summed E-state index contributed by atoms with van der Waals surface area (Å²) in [6, 6.07) is 19.1. The van der Waals surface area contributed by atoms with Gasteiger partial charge in [-0.2, -0.15) is 0 Å². The van der Waals surface area contributed by atoms with Gasteiger partial charge in [-0.1, -0.05) is 30.3 Å². The molecule has 1 aliphatic carbocycles. The van der Waals surface area contributed by atoms with Gasteiger partial charge < -0.3 is 15.4 Å². The number of hydrogen-bond donors (Lipinski definition) is 2. The maximum Gasteiger partial charge on any atom is 0.132 e. The van der Waals surface area contributed by atoms with Crippen LogP contribution in [0.3, 0.4) is 0 Å². The molecule has 3 heterocycles. The molecule has 2 atom stereocenters. The molecule has 3 aromatic rings. The van der Waals surface area contributed by atoms with Crippen molar-refractivity contribution in [2.24, 2.45) is 0 Å². The molecule has 2 aromatic carbocycles. The smallest absolute Gasteiger partial charge is 0.132 e. The number of hydrogen-bond acceptors (Lipinski definition) is 7. The third-order valence-corrected chi connectivity index (χ3v) is 7.40. The van der Waals surface area contributed by atoms with E-state index in [1.54, 1.807) is 6.33 Å². The molecule has 3 aliphatic rings. The molecule has 34 heavy (non-hydrogen) atoms. The van der Waals surface area contributed by atoms with Gasteiger partial charge in [-0.15, -0.1) is 0 Å². The van der Waals surface area contributed by atoms with E-state index in [0.29, 0.717) is 34.7 Å². The number of rotatable bonds is 7. The quantitative estimate of drug-likeness (QED) is 0.416. The van der Waals surface area contributed by atoms with Crippen molar-refractivity contribution in [1.82, 2.24) is 14.9 Å². The van der Waals surface area contributed by atoms with Crippen molar-refractivity contribution in [3.05, 3.63) is 77.7 Å². The van der Waals surface area contributed by atoms with E-state index in [0.717, 1.165) is 50.5 Å². The number of benzene rings is 2. The first kappa shape index (κ1) is 21.1. The standard InChI is InChI=1S/C27H30N6O/c1-27(9-10-27)34-21-7-8-23(28)22(12-21)26(29)24-13-25(31-17-30-24)33-16-19-11-20(33)15-32(19)14-18-5-3-2-4-6-18/h2-8,12-13,17,19-20,29H,9-11,14-16,28H2,1H3. The molecule has 0 radical (unpaired) electrons. The zero-order chi connectivity index (χ0) is 23.3. The highest BCUT2D eigenvalue weighted by Gasteiger charge is 2.43. The third kappa shape index (κ3) is 4.01. The molecule has 0 spiro atoms. The summed E-state index contributed by atoms with van der Waals surface area (Å²) >= 11 is 0. The molecule has 174 valence electrons. The van der Waals surface area contributed by atoms with Crippen LogP contribution in [0.1, 0.15) is 43.0 Å². The second kappa shape index (κ2) is 8.09. The number of nitrogens with two attached hydrogens (primary N) is 1. The van der Waals surface area contributed by atoms with Crippen LogP contribution in [-0.2, 0) is 6.54 Å². The first-order valence-corrected chi connectivity index (χ1v) is 12.0. The molecule has 2 saturated heterocycles. The van der Waals surface area contributed by atoms with Gasteiger partial charge in [-0.25, -0.2) is 9.97 Å². The largest absolute Gasteiger partial charge is 0.488 e. The maximum absolute atomic E-state index is 8.83. The zero-order valence-electron chi connectivity index (χ0n) is 19.4. The Morgan fingerprint density at radius 2 is 1.91 bits per heavy atom. The number of anilines is 2. The number of piperazine rings is 1. The average Bonchev–Trinajstić information content (AvgIpc) is 3.25. The molecule has 6 rings (SSSR count). The van der Waals surface area contributed by atoms with E-state index >= 15 is 0 Å². The fourth-order valence-electron chi connectivity index (χ4n) is 5.20. The summed E-state index contributed by atoms with van der Waals surface area (Å²) in [5.41, 5.74) is 9.58. The van der Waals surface area contributed by atoms with Crippen LogP contribution in [0.5, 0.6) is 5.75 Å². The lowest BCUT2D eigenvalue weighted by atomic mass is 10.0. The molecular formula is C27H30N6O. The second-order valence-electron chi connectivity index (χ2n) is 10.0. The maximum atomic E-state index is 8.83. The highest BCUT2D eigenvalue weighted by Crippen LogP contribution is 2.40. The molecule has 1 aromatic heterocycles. The minimum atomic E-state index is -0.0822. The number of nitrogens with one attached hydrogen (secondary N) is 1. The van der Waals surface area contributed by atoms with Crippen LogP contribution in [0.4, 0.5) is 11.5 Å². The number of likely N-dealkylation sites (tertiary alicyclic amines) is 1. The van der Waals surface area contributed by atoms with E-state index in [-0.39, 0.29) is 5.60 Å². The van der Waals surface area contributed by atoms with Gasteiger partial charge in [0.1, 0.15) is 23.5 Å². The van der Waals surface area contributed by atoms with Crippen molar-refractivity contribution < 1.29 is 4.74 Å². The van der Waals surface area contributed by atoms with Crippen LogP contribution < -0.4 is 15.4 Å². The van der Waals surface area contributed by atoms with Gasteiger partial charge in [-0.05, 0) is 49.9 Å². The predicted molar refractivity (Wildman–Crippen MR) is 133 cm³/mol. The Morgan fingerprint density at radius 1 is 1.09 bits per heavy atom. The summed E-state index contributed by atoms with van der Waals surface area (Å²) in [6.07, 6.45) is 4.82. The van der Waals surface area contributed by atoms with Crippen molar-refractivity contribution >= 4 is 17.2 Å². The number of nitrogen functional groups attached to an aromatic ring is 1. The Labute approximate surface area is 200 Å². The Balaban J connectivity index is 1.18. The number of nitrogens with zero attached hydrogens (tertiary/aromatic N) is 4. The monoisotopic (exact) mass is 454 g/mol. The van der Waals surface area contributed by atoms with Crippen molar-refractivity contribution in [1.29, 1.82) is 5.41 Å². The van der Waals surface area contributed by atoms with Gasteiger partial charge in [0.2, 0.25) is 0 Å². The average molecular weight is 455 g/mol. The molecule has 2 bridgehead atoms. The molecule has 3 fully saturated rings. The first-order chi connectivity index (χ1) is 16.5. The summed E-state index contributed by atoms with van der Waals surface area (Å²) in [7, 11) is 0. The highest BCUT2D eigenvalue weighted by molar-refractivity contribution is 6.13. The Kier molecular flexibility index (Phi) is 5.03. The number of ether oxygens (including phenoxy) is 1. The van der Waals surface area contributed by atoms with Crippen LogP contribution in [0, 0.1) is 5.41 Å². The lowest BCUT2D eigenvalue weighted by Gasteiger charge is -2.35. The lowest BCUT2D eigenvalue weighted by Crippen LogP contribution is -2.46. The van der Waals surface area contributed by atoms with Crippen molar-refractivity contribution in [3.8, 4) is 5.75 Å². The predicted octanol–water partition coefficient (Wildman–Crippen LogP) is 3.87. The van der Waals surface area contributed by atoms with E-state index in [2.05, 4.69) is 57.0 Å². The van der Waals surface area contributed by atoms with Gasteiger partial charge in [0.25, 0.3) is 0 Å². The normalized spacial score (nSPS) is 22.7.